The highest BCUT2D eigenvalue weighted by molar-refractivity contribution is 6.30. The highest BCUT2D eigenvalue weighted by Crippen LogP contribution is 2.36. The van der Waals surface area contributed by atoms with Gasteiger partial charge in [-0.05, 0) is 36.2 Å². The molecule has 0 fully saturated rings. The Hall–Kier alpha value is -3.13. The van der Waals surface area contributed by atoms with Crippen molar-refractivity contribution in [2.24, 2.45) is 0 Å². The van der Waals surface area contributed by atoms with Gasteiger partial charge in [-0.15, -0.1) is 0 Å². The lowest BCUT2D eigenvalue weighted by Crippen LogP contribution is -2.20. The van der Waals surface area contributed by atoms with Gasteiger partial charge >= 0.3 is 5.56 Å². The molecule has 1 aliphatic heterocycles. The molecule has 164 valence electrons. The van der Waals surface area contributed by atoms with E-state index in [4.69, 9.17) is 21.1 Å². The second-order valence-electron chi connectivity index (χ2n) is 6.53. The number of hydrogen-bond donors (Lipinski definition) is 1. The summed E-state index contributed by atoms with van der Waals surface area (Å²) in [4.78, 5) is 15.6. The number of fused-ring (bicyclic) bond motifs is 1. The van der Waals surface area contributed by atoms with E-state index >= 15 is 0 Å². The molecule has 0 unspecified atom stereocenters. The zero-order valence-corrected chi connectivity index (χ0v) is 18.1. The molecule has 2 heterocycles. The monoisotopic (exact) mass is 449 g/mol. The van der Waals surface area contributed by atoms with Crippen LogP contribution in [0.2, 0.25) is 5.02 Å². The second kappa shape index (κ2) is 9.78. The molecule has 1 aromatic heterocycles. The molecule has 1 N–H and O–H groups in total. The van der Waals surface area contributed by atoms with Crippen LogP contribution in [0.5, 0.6) is 11.5 Å². The van der Waals surface area contributed by atoms with Crippen molar-refractivity contribution in [1.82, 2.24) is 9.55 Å². The van der Waals surface area contributed by atoms with Crippen LogP contribution in [0.25, 0.3) is 0 Å². The lowest BCUT2D eigenvalue weighted by molar-refractivity contribution is 0.171. The van der Waals surface area contributed by atoms with Crippen molar-refractivity contribution in [2.75, 3.05) is 18.5 Å². The fraction of sp³-hybridized carbons (Fsp3) is 0.273. The summed E-state index contributed by atoms with van der Waals surface area (Å²) in [6.07, 6.45) is 1.04. The van der Waals surface area contributed by atoms with Crippen LogP contribution in [-0.4, -0.2) is 22.8 Å². The summed E-state index contributed by atoms with van der Waals surface area (Å²) in [6.45, 7) is 6.88. The van der Waals surface area contributed by atoms with Crippen LogP contribution in [0.1, 0.15) is 25.0 Å². The molecule has 0 saturated heterocycles. The van der Waals surface area contributed by atoms with E-state index in [9.17, 15) is 13.6 Å². The van der Waals surface area contributed by atoms with E-state index in [1.165, 1.54) is 22.8 Å². The zero-order chi connectivity index (χ0) is 22.5. The molecule has 0 bridgehead atoms. The van der Waals surface area contributed by atoms with E-state index in [0.29, 0.717) is 36.0 Å². The summed E-state index contributed by atoms with van der Waals surface area (Å²) in [5.41, 5.74) is 1.07. The number of anilines is 2. The maximum absolute atomic E-state index is 13.9. The predicted molar refractivity (Wildman–Crippen MR) is 116 cm³/mol. The van der Waals surface area contributed by atoms with Crippen LogP contribution >= 0.6 is 11.6 Å². The average molecular weight is 450 g/mol. The van der Waals surface area contributed by atoms with E-state index in [-0.39, 0.29) is 17.5 Å². The number of rotatable bonds is 4. The first kappa shape index (κ1) is 22.6. The first-order valence-corrected chi connectivity index (χ1v) is 10.2. The van der Waals surface area contributed by atoms with Crippen LogP contribution < -0.4 is 20.3 Å². The summed E-state index contributed by atoms with van der Waals surface area (Å²) in [5, 5.41) is 3.00. The van der Waals surface area contributed by atoms with Crippen molar-refractivity contribution < 1.29 is 18.3 Å². The average Bonchev–Trinajstić information content (AvgIpc) is 2.76. The summed E-state index contributed by atoms with van der Waals surface area (Å²) in [7, 11) is 0. The van der Waals surface area contributed by atoms with Crippen molar-refractivity contribution in [1.29, 1.82) is 0 Å². The Morgan fingerprint density at radius 2 is 1.77 bits per heavy atom. The number of ether oxygens (including phenoxy) is 2. The van der Waals surface area contributed by atoms with Crippen molar-refractivity contribution in [2.45, 2.75) is 27.3 Å². The Bertz CT molecular complexity index is 1150. The van der Waals surface area contributed by atoms with E-state index in [2.05, 4.69) is 10.3 Å². The van der Waals surface area contributed by atoms with Gasteiger partial charge in [-0.25, -0.2) is 4.39 Å². The Labute approximate surface area is 183 Å². The molecular weight excluding hydrogens is 428 g/mol. The third-order valence-electron chi connectivity index (χ3n) is 4.43. The normalized spacial score (nSPS) is 12.1. The number of aromatic nitrogens is 2. The number of halogens is 3. The second-order valence-corrected chi connectivity index (χ2v) is 6.94. The van der Waals surface area contributed by atoms with Gasteiger partial charge in [-0.1, -0.05) is 31.5 Å². The van der Waals surface area contributed by atoms with Crippen LogP contribution in [0.3, 0.4) is 0 Å². The topological polar surface area (TPSA) is 65.4 Å². The molecule has 31 heavy (non-hydrogen) atoms. The Kier molecular flexibility index (Phi) is 7.12. The third kappa shape index (κ3) is 5.14. The fourth-order valence-electron chi connectivity index (χ4n) is 2.97. The van der Waals surface area contributed by atoms with Crippen LogP contribution in [0.4, 0.5) is 20.4 Å². The van der Waals surface area contributed by atoms with Gasteiger partial charge in [0, 0.05) is 18.0 Å². The summed E-state index contributed by atoms with van der Waals surface area (Å²) >= 11 is 5.83. The van der Waals surface area contributed by atoms with Gasteiger partial charge < -0.3 is 19.4 Å². The minimum Gasteiger partial charge on any atom is -0.486 e. The molecule has 3 aromatic rings. The Morgan fingerprint density at radius 1 is 1.10 bits per heavy atom. The quantitative estimate of drug-likeness (QED) is 0.602. The summed E-state index contributed by atoms with van der Waals surface area (Å²) in [5.74, 6) is -0.237. The van der Waals surface area contributed by atoms with Gasteiger partial charge in [-0.2, -0.15) is 9.37 Å². The molecule has 0 atom stereocenters. The van der Waals surface area contributed by atoms with Crippen molar-refractivity contribution >= 4 is 23.2 Å². The Morgan fingerprint density at radius 3 is 2.45 bits per heavy atom. The largest absolute Gasteiger partial charge is 0.486 e. The maximum Gasteiger partial charge on any atom is 0.310 e. The SMILES string of the molecule is CC.Cc1cc2c(cc1Nc1nc(=O)c(F)cn1Cc1ccc(F)c(Cl)c1)OCCO2. The molecule has 9 heteroatoms. The van der Waals surface area contributed by atoms with Crippen molar-refractivity contribution in [3.05, 3.63) is 74.7 Å². The van der Waals surface area contributed by atoms with E-state index in [1.54, 1.807) is 6.07 Å². The molecule has 6 nitrogen and oxygen atoms in total. The number of nitrogens with zero attached hydrogens (tertiary/aromatic N) is 2. The molecule has 0 aliphatic carbocycles. The number of hydrogen-bond acceptors (Lipinski definition) is 5. The summed E-state index contributed by atoms with van der Waals surface area (Å²) < 4.78 is 39.9. The molecule has 0 radical (unpaired) electrons. The first-order valence-electron chi connectivity index (χ1n) is 9.79. The highest BCUT2D eigenvalue weighted by atomic mass is 35.5. The smallest absolute Gasteiger partial charge is 0.310 e. The van der Waals surface area contributed by atoms with Gasteiger partial charge in [-0.3, -0.25) is 4.79 Å². The lowest BCUT2D eigenvalue weighted by atomic mass is 10.1. The lowest BCUT2D eigenvalue weighted by Gasteiger charge is -2.21. The van der Waals surface area contributed by atoms with E-state index in [0.717, 1.165) is 11.8 Å². The molecule has 1 aliphatic rings. The minimum absolute atomic E-state index is 0.0471. The predicted octanol–water partition coefficient (Wildman–Crippen LogP) is 5.07. The minimum atomic E-state index is -0.998. The number of aryl methyl sites for hydroxylation is 1. The summed E-state index contributed by atoms with van der Waals surface area (Å²) in [6, 6.07) is 7.73. The van der Waals surface area contributed by atoms with E-state index in [1.807, 2.05) is 26.8 Å². The molecule has 0 amide bonds. The molecule has 0 saturated carbocycles. The number of benzene rings is 2. The first-order chi connectivity index (χ1) is 14.9. The van der Waals surface area contributed by atoms with Gasteiger partial charge in [0.15, 0.2) is 11.5 Å². The molecule has 2 aromatic carbocycles. The number of nitrogens with one attached hydrogen (secondary N) is 1. The van der Waals surface area contributed by atoms with Gasteiger partial charge in [0.2, 0.25) is 11.8 Å². The van der Waals surface area contributed by atoms with Crippen molar-refractivity contribution in [3.63, 3.8) is 0 Å². The standard InChI is InChI=1S/C20H16ClF2N3O3.C2H6/c1-11-6-17-18(29-5-4-28-17)8-16(11)24-20-25-19(27)15(23)10-26(20)9-12-2-3-14(22)13(21)7-12;1-2/h2-3,6-8,10H,4-5,9H2,1H3,(H,24,25,27);1-2H3. The third-order valence-corrected chi connectivity index (χ3v) is 4.72. The molecule has 4 rings (SSSR count). The van der Waals surface area contributed by atoms with Gasteiger partial charge in [0.25, 0.3) is 0 Å². The van der Waals surface area contributed by atoms with Gasteiger partial charge in [0.05, 0.1) is 11.6 Å². The maximum atomic E-state index is 13.9. The fourth-order valence-corrected chi connectivity index (χ4v) is 3.17. The highest BCUT2D eigenvalue weighted by Gasteiger charge is 2.16. The van der Waals surface area contributed by atoms with Crippen LogP contribution in [0.15, 0.2) is 41.3 Å². The molecular formula is C22H22ClF2N3O3. The zero-order valence-electron chi connectivity index (χ0n) is 17.3. The Balaban J connectivity index is 0.00000132. The van der Waals surface area contributed by atoms with Crippen molar-refractivity contribution in [3.8, 4) is 11.5 Å². The van der Waals surface area contributed by atoms with E-state index < -0.39 is 17.2 Å². The van der Waals surface area contributed by atoms with Crippen LogP contribution in [-0.2, 0) is 6.54 Å². The molecule has 0 spiro atoms. The van der Waals surface area contributed by atoms with Gasteiger partial charge in [0.1, 0.15) is 19.0 Å². The van der Waals surface area contributed by atoms with Crippen LogP contribution in [0, 0.1) is 18.6 Å².